The smallest absolute Gasteiger partial charge is 0.139 e. The molecule has 0 aliphatic rings. The van der Waals surface area contributed by atoms with E-state index >= 15 is 0 Å². The third-order valence-corrected chi connectivity index (χ3v) is 3.86. The molecule has 0 atom stereocenters. The summed E-state index contributed by atoms with van der Waals surface area (Å²) in [6.07, 6.45) is 0. The summed E-state index contributed by atoms with van der Waals surface area (Å²) in [5.74, 6) is -0.0914. The van der Waals surface area contributed by atoms with Gasteiger partial charge in [-0.1, -0.05) is 47.0 Å². The Morgan fingerprint density at radius 1 is 1.05 bits per heavy atom. The average Bonchev–Trinajstić information content (AvgIpc) is 2.40. The fourth-order valence-electron chi connectivity index (χ4n) is 1.65. The summed E-state index contributed by atoms with van der Waals surface area (Å²) >= 11 is 22.6. The van der Waals surface area contributed by atoms with Crippen LogP contribution < -0.4 is 10.5 Å². The van der Waals surface area contributed by atoms with Crippen molar-refractivity contribution in [3.05, 3.63) is 62.3 Å². The zero-order valence-corrected chi connectivity index (χ0v) is 13.6. The van der Waals surface area contributed by atoms with E-state index < -0.39 is 5.82 Å². The highest BCUT2D eigenvalue weighted by molar-refractivity contribution is 7.80. The highest BCUT2D eigenvalue weighted by Crippen LogP contribution is 2.34. The predicted molar refractivity (Wildman–Crippen MR) is 88.1 cm³/mol. The Morgan fingerprint density at radius 2 is 1.71 bits per heavy atom. The van der Waals surface area contributed by atoms with Crippen molar-refractivity contribution in [2.45, 2.75) is 6.61 Å². The third-order valence-electron chi connectivity index (χ3n) is 2.61. The molecule has 2 aromatic carbocycles. The van der Waals surface area contributed by atoms with Gasteiger partial charge in [-0.25, -0.2) is 4.39 Å². The second kappa shape index (κ2) is 6.79. The molecule has 0 fully saturated rings. The molecule has 0 heterocycles. The summed E-state index contributed by atoms with van der Waals surface area (Å²) in [5.41, 5.74) is 6.49. The van der Waals surface area contributed by atoms with Gasteiger partial charge in [0, 0.05) is 11.6 Å². The van der Waals surface area contributed by atoms with E-state index in [-0.39, 0.29) is 11.6 Å². The Bertz CT molecular complexity index is 709. The van der Waals surface area contributed by atoms with Crippen LogP contribution >= 0.6 is 47.0 Å². The van der Waals surface area contributed by atoms with Crippen LogP contribution in [0.3, 0.4) is 0 Å². The summed E-state index contributed by atoms with van der Waals surface area (Å²) in [6, 6.07) is 7.22. The summed E-state index contributed by atoms with van der Waals surface area (Å²) in [4.78, 5) is 0.114. The van der Waals surface area contributed by atoms with Crippen LogP contribution in [-0.4, -0.2) is 4.99 Å². The number of hydrogen-bond acceptors (Lipinski definition) is 2. The van der Waals surface area contributed by atoms with Crippen LogP contribution in [0.25, 0.3) is 0 Å². The molecule has 0 aromatic heterocycles. The van der Waals surface area contributed by atoms with Gasteiger partial charge in [0.05, 0.1) is 15.1 Å². The topological polar surface area (TPSA) is 35.2 Å². The highest BCUT2D eigenvalue weighted by atomic mass is 35.5. The lowest BCUT2D eigenvalue weighted by atomic mass is 10.1. The average molecular weight is 365 g/mol. The second-order valence-electron chi connectivity index (χ2n) is 4.20. The van der Waals surface area contributed by atoms with Crippen molar-refractivity contribution in [2.75, 3.05) is 0 Å². The maximum atomic E-state index is 13.5. The van der Waals surface area contributed by atoms with E-state index in [0.29, 0.717) is 31.9 Å². The minimum Gasteiger partial charge on any atom is -0.487 e. The van der Waals surface area contributed by atoms with Gasteiger partial charge in [0.15, 0.2) is 0 Å². The van der Waals surface area contributed by atoms with Crippen LogP contribution in [0.1, 0.15) is 11.1 Å². The van der Waals surface area contributed by atoms with E-state index in [1.54, 1.807) is 6.07 Å². The molecule has 0 bridgehead atoms. The van der Waals surface area contributed by atoms with E-state index in [4.69, 9.17) is 57.5 Å². The quantitative estimate of drug-likeness (QED) is 0.612. The first kappa shape index (κ1) is 16.3. The van der Waals surface area contributed by atoms with Gasteiger partial charge in [-0.3, -0.25) is 0 Å². The van der Waals surface area contributed by atoms with Crippen molar-refractivity contribution in [3.63, 3.8) is 0 Å². The van der Waals surface area contributed by atoms with Gasteiger partial charge >= 0.3 is 0 Å². The fourth-order valence-corrected chi connectivity index (χ4v) is 2.36. The largest absolute Gasteiger partial charge is 0.487 e. The lowest BCUT2D eigenvalue weighted by molar-refractivity contribution is 0.306. The van der Waals surface area contributed by atoms with Crippen LogP contribution in [0.4, 0.5) is 4.39 Å². The molecule has 0 aliphatic carbocycles. The third kappa shape index (κ3) is 4.20. The van der Waals surface area contributed by atoms with Gasteiger partial charge in [0.2, 0.25) is 0 Å². The monoisotopic (exact) mass is 363 g/mol. The maximum Gasteiger partial charge on any atom is 0.139 e. The molecule has 2 rings (SSSR count). The molecule has 0 aliphatic heterocycles. The van der Waals surface area contributed by atoms with Crippen LogP contribution in [-0.2, 0) is 6.61 Å². The zero-order valence-electron chi connectivity index (χ0n) is 10.5. The van der Waals surface area contributed by atoms with Crippen LogP contribution in [0.2, 0.25) is 15.1 Å². The number of ether oxygens (including phenoxy) is 1. The van der Waals surface area contributed by atoms with Crippen LogP contribution in [0.5, 0.6) is 5.75 Å². The zero-order chi connectivity index (χ0) is 15.6. The molecule has 2 aromatic rings. The van der Waals surface area contributed by atoms with Crippen molar-refractivity contribution in [1.82, 2.24) is 0 Å². The standard InChI is InChI=1S/C14H9Cl3FNOS/c15-10-4-12(17)13(5-11(10)16)20-6-7-1-8(14(19)21)3-9(18)2-7/h1-5H,6H2,(H2,19,21). The summed E-state index contributed by atoms with van der Waals surface area (Å²) in [7, 11) is 0. The molecule has 0 saturated carbocycles. The number of benzene rings is 2. The Hall–Kier alpha value is -1.07. The van der Waals surface area contributed by atoms with E-state index in [9.17, 15) is 4.39 Å². The molecule has 7 heteroatoms. The van der Waals surface area contributed by atoms with Gasteiger partial charge in [-0.05, 0) is 29.8 Å². The molecular formula is C14H9Cl3FNOS. The fraction of sp³-hybridized carbons (Fsp3) is 0.0714. The summed E-state index contributed by atoms with van der Waals surface area (Å²) < 4.78 is 19.0. The Kier molecular flexibility index (Phi) is 5.27. The Balaban J connectivity index is 2.20. The number of halogens is 4. The van der Waals surface area contributed by atoms with E-state index in [0.717, 1.165) is 0 Å². The number of nitrogens with two attached hydrogens (primary N) is 1. The molecule has 0 spiro atoms. The minimum atomic E-state index is -0.445. The van der Waals surface area contributed by atoms with Crippen molar-refractivity contribution in [1.29, 1.82) is 0 Å². The van der Waals surface area contributed by atoms with Crippen LogP contribution in [0, 0.1) is 5.82 Å². The van der Waals surface area contributed by atoms with Gasteiger partial charge in [0.25, 0.3) is 0 Å². The molecule has 2 N–H and O–H groups in total. The molecular weight excluding hydrogens is 356 g/mol. The molecule has 110 valence electrons. The summed E-state index contributed by atoms with van der Waals surface area (Å²) in [5, 5.41) is 0.963. The van der Waals surface area contributed by atoms with E-state index in [2.05, 4.69) is 0 Å². The molecule has 2 nitrogen and oxygen atoms in total. The van der Waals surface area contributed by atoms with Gasteiger partial charge < -0.3 is 10.5 Å². The SMILES string of the molecule is NC(=S)c1cc(F)cc(COc2cc(Cl)c(Cl)cc2Cl)c1. The molecule has 0 saturated heterocycles. The van der Waals surface area contributed by atoms with Gasteiger partial charge in [-0.2, -0.15) is 0 Å². The first-order valence-corrected chi connectivity index (χ1v) is 7.27. The molecule has 0 unspecified atom stereocenters. The predicted octanol–water partition coefficient (Wildman–Crippen LogP) is 5.00. The molecule has 0 amide bonds. The Morgan fingerprint density at radius 3 is 2.38 bits per heavy atom. The van der Waals surface area contributed by atoms with Crippen molar-refractivity contribution in [2.24, 2.45) is 5.73 Å². The van der Waals surface area contributed by atoms with Gasteiger partial charge in [0.1, 0.15) is 23.2 Å². The molecule has 0 radical (unpaired) electrons. The number of hydrogen-bond donors (Lipinski definition) is 1. The van der Waals surface area contributed by atoms with E-state index in [1.807, 2.05) is 0 Å². The first-order valence-electron chi connectivity index (χ1n) is 5.73. The normalized spacial score (nSPS) is 10.5. The molecule has 21 heavy (non-hydrogen) atoms. The lowest BCUT2D eigenvalue weighted by Crippen LogP contribution is -2.10. The van der Waals surface area contributed by atoms with Crippen molar-refractivity contribution >= 4 is 52.0 Å². The van der Waals surface area contributed by atoms with Crippen molar-refractivity contribution < 1.29 is 9.13 Å². The maximum absolute atomic E-state index is 13.5. The first-order chi connectivity index (χ1) is 9.86. The van der Waals surface area contributed by atoms with E-state index in [1.165, 1.54) is 24.3 Å². The van der Waals surface area contributed by atoms with Crippen LogP contribution in [0.15, 0.2) is 30.3 Å². The highest BCUT2D eigenvalue weighted by Gasteiger charge is 2.09. The minimum absolute atomic E-state index is 0.0883. The Labute approximate surface area is 141 Å². The summed E-state index contributed by atoms with van der Waals surface area (Å²) in [6.45, 7) is 0.0883. The van der Waals surface area contributed by atoms with Crippen molar-refractivity contribution in [3.8, 4) is 5.75 Å². The number of thiocarbonyl (C=S) groups is 1. The lowest BCUT2D eigenvalue weighted by Gasteiger charge is -2.10. The number of rotatable bonds is 4. The second-order valence-corrected chi connectivity index (χ2v) is 5.86. The van der Waals surface area contributed by atoms with Gasteiger partial charge in [-0.15, -0.1) is 0 Å².